The summed E-state index contributed by atoms with van der Waals surface area (Å²) in [6.45, 7) is 1.29. The molecule has 0 aliphatic heterocycles. The third-order valence-electron chi connectivity index (χ3n) is 5.31. The summed E-state index contributed by atoms with van der Waals surface area (Å²) in [5, 5.41) is 0. The zero-order chi connectivity index (χ0) is 22.9. The first-order chi connectivity index (χ1) is 14.3. The predicted molar refractivity (Wildman–Crippen MR) is 105 cm³/mol. The van der Waals surface area contributed by atoms with Gasteiger partial charge < -0.3 is 0 Å². The highest BCUT2D eigenvalue weighted by molar-refractivity contribution is 5.88. The molecule has 1 unspecified atom stereocenters. The maximum Gasteiger partial charge on any atom is 0.212 e. The summed E-state index contributed by atoms with van der Waals surface area (Å²) in [5.74, 6) is 0. The quantitative estimate of drug-likeness (QED) is 0.524. The first kappa shape index (κ1) is 10.6. The fraction of sp³-hybridized carbons (Fsp3) is 0.292. The molecule has 0 bridgehead atoms. The summed E-state index contributed by atoms with van der Waals surface area (Å²) >= 11 is 0. The Labute approximate surface area is 159 Å². The van der Waals surface area contributed by atoms with Gasteiger partial charge in [-0.2, -0.15) is 0 Å². The molecular weight excluding hydrogens is 302 g/mol. The van der Waals surface area contributed by atoms with Gasteiger partial charge in [-0.15, -0.1) is 0 Å². The molecule has 1 aliphatic carbocycles. The molecule has 0 amide bonds. The Kier molecular flexibility index (Phi) is 2.23. The van der Waals surface area contributed by atoms with Gasteiger partial charge >= 0.3 is 0 Å². The summed E-state index contributed by atoms with van der Waals surface area (Å²) < 4.78 is 50.4. The maximum atomic E-state index is 8.51. The molecule has 1 atom stereocenters. The van der Waals surface area contributed by atoms with E-state index in [4.69, 9.17) is 8.22 Å². The van der Waals surface area contributed by atoms with E-state index in [0.29, 0.717) is 0 Å². The number of benzene rings is 2. The van der Waals surface area contributed by atoms with Crippen molar-refractivity contribution < 1.29 is 12.8 Å². The van der Waals surface area contributed by atoms with Crippen LogP contribution in [0.1, 0.15) is 49.8 Å². The second kappa shape index (κ2) is 5.29. The van der Waals surface area contributed by atoms with Crippen LogP contribution in [0.2, 0.25) is 0 Å². The number of hydrogen-bond donors (Lipinski definition) is 0. The molecule has 1 nitrogen and oxygen atoms in total. The van der Waals surface area contributed by atoms with Gasteiger partial charge in [0.2, 0.25) is 5.69 Å². The van der Waals surface area contributed by atoms with Crippen LogP contribution in [0, 0.1) is 20.7 Å². The van der Waals surface area contributed by atoms with E-state index < -0.39 is 19.1 Å². The lowest BCUT2D eigenvalue weighted by molar-refractivity contribution is -0.660. The molecule has 0 spiro atoms. The van der Waals surface area contributed by atoms with Crippen LogP contribution >= 0.6 is 0 Å². The average Bonchev–Trinajstić information content (AvgIpc) is 2.91. The summed E-state index contributed by atoms with van der Waals surface area (Å²) in [6.07, 6.45) is 1.61. The minimum Gasteiger partial charge on any atom is -0.201 e. The Bertz CT molecular complexity index is 1210. The third kappa shape index (κ3) is 2.26. The van der Waals surface area contributed by atoms with Crippen LogP contribution in [0.3, 0.4) is 0 Å². The van der Waals surface area contributed by atoms with Gasteiger partial charge in [-0.3, -0.25) is 0 Å². The molecule has 3 aromatic rings. The third-order valence-corrected chi connectivity index (χ3v) is 5.31. The molecular formula is C24H26N+. The van der Waals surface area contributed by atoms with Crippen molar-refractivity contribution in [1.82, 2.24) is 0 Å². The van der Waals surface area contributed by atoms with Gasteiger partial charge in [0.15, 0.2) is 6.20 Å². The van der Waals surface area contributed by atoms with E-state index in [1.807, 2.05) is 58.2 Å². The van der Waals surface area contributed by atoms with Crippen molar-refractivity contribution in [2.75, 3.05) is 0 Å². The first-order valence-corrected chi connectivity index (χ1v) is 8.53. The molecule has 0 saturated carbocycles. The molecule has 1 aromatic heterocycles. The molecule has 1 heteroatoms. The topological polar surface area (TPSA) is 3.88 Å². The molecule has 25 heavy (non-hydrogen) atoms. The SMILES string of the molecule is [2H]C([2H])([2H])c1ccc(-c2c(C)ccc3c2C(C)(C([2H])([2H])[2H])c2cc(C)ccc2-3)[n+](C)c1. The summed E-state index contributed by atoms with van der Waals surface area (Å²) in [5.41, 5.74) is 6.16. The van der Waals surface area contributed by atoms with Crippen LogP contribution in [0.5, 0.6) is 0 Å². The number of aromatic nitrogens is 1. The second-order valence-corrected chi connectivity index (χ2v) is 7.27. The van der Waals surface area contributed by atoms with E-state index in [-0.39, 0.29) is 5.56 Å². The Morgan fingerprint density at radius 1 is 0.960 bits per heavy atom. The van der Waals surface area contributed by atoms with E-state index in [0.717, 1.165) is 44.6 Å². The normalized spacial score (nSPS) is 22.7. The number of nitrogens with zero attached hydrogens (tertiary/aromatic N) is 1. The highest BCUT2D eigenvalue weighted by Crippen LogP contribution is 2.52. The van der Waals surface area contributed by atoms with Gasteiger partial charge in [0.05, 0.1) is 5.56 Å². The number of aryl methyl sites for hydroxylation is 4. The molecule has 0 saturated heterocycles. The highest BCUT2D eigenvalue weighted by Gasteiger charge is 2.39. The summed E-state index contributed by atoms with van der Waals surface area (Å²) in [7, 11) is 1.81. The summed E-state index contributed by atoms with van der Waals surface area (Å²) in [6, 6.07) is 13.4. The van der Waals surface area contributed by atoms with Crippen molar-refractivity contribution in [1.29, 1.82) is 0 Å². The van der Waals surface area contributed by atoms with Crippen molar-refractivity contribution >= 4 is 0 Å². The zero-order valence-corrected chi connectivity index (χ0v) is 15.1. The molecule has 2 aromatic carbocycles. The lowest BCUT2D eigenvalue weighted by Crippen LogP contribution is -2.32. The van der Waals surface area contributed by atoms with Gasteiger partial charge in [-0.05, 0) is 54.6 Å². The molecule has 0 fully saturated rings. The van der Waals surface area contributed by atoms with E-state index in [2.05, 4.69) is 0 Å². The van der Waals surface area contributed by atoms with Crippen molar-refractivity contribution in [3.05, 3.63) is 76.5 Å². The van der Waals surface area contributed by atoms with Gasteiger partial charge in [0.1, 0.15) is 7.05 Å². The van der Waals surface area contributed by atoms with E-state index in [9.17, 15) is 0 Å². The van der Waals surface area contributed by atoms with Crippen molar-refractivity contribution in [2.24, 2.45) is 7.05 Å². The Hall–Kier alpha value is -2.41. The minimum atomic E-state index is -2.26. The molecule has 4 rings (SSSR count). The Morgan fingerprint density at radius 2 is 1.72 bits per heavy atom. The molecule has 0 radical (unpaired) electrons. The highest BCUT2D eigenvalue weighted by atomic mass is 14.9. The van der Waals surface area contributed by atoms with E-state index in [1.54, 1.807) is 22.9 Å². The van der Waals surface area contributed by atoms with Crippen molar-refractivity contribution in [2.45, 2.75) is 39.9 Å². The number of fused-ring (bicyclic) bond motifs is 3. The van der Waals surface area contributed by atoms with Gasteiger partial charge in [0.25, 0.3) is 0 Å². The van der Waals surface area contributed by atoms with Crippen LogP contribution in [0.4, 0.5) is 0 Å². The van der Waals surface area contributed by atoms with Crippen LogP contribution in [0.15, 0.2) is 48.7 Å². The lowest BCUT2D eigenvalue weighted by Gasteiger charge is -2.25. The first-order valence-electron chi connectivity index (χ1n) is 11.5. The minimum absolute atomic E-state index is 0.251. The maximum absolute atomic E-state index is 8.51. The lowest BCUT2D eigenvalue weighted by atomic mass is 9.78. The van der Waals surface area contributed by atoms with E-state index in [1.165, 1.54) is 0 Å². The van der Waals surface area contributed by atoms with E-state index >= 15 is 0 Å². The standard InChI is InChI=1S/C24H26N/c1-15-7-10-18-19-11-9-17(3)22(21-12-8-16(2)14-25(21)6)23(19)24(4,5)20(18)13-15/h7-14H,1-6H3/q+1/i2D3,4D3. The van der Waals surface area contributed by atoms with Gasteiger partial charge in [-0.1, -0.05) is 49.7 Å². The molecule has 1 aliphatic rings. The van der Waals surface area contributed by atoms with Crippen molar-refractivity contribution in [3.8, 4) is 22.4 Å². The Balaban J connectivity index is 2.09. The molecule has 0 N–H and O–H groups in total. The number of rotatable bonds is 1. The number of hydrogen-bond acceptors (Lipinski definition) is 0. The van der Waals surface area contributed by atoms with Crippen molar-refractivity contribution in [3.63, 3.8) is 0 Å². The van der Waals surface area contributed by atoms with Crippen LogP contribution < -0.4 is 4.57 Å². The fourth-order valence-corrected chi connectivity index (χ4v) is 4.09. The number of pyridine rings is 1. The second-order valence-electron chi connectivity index (χ2n) is 7.27. The molecule has 126 valence electrons. The van der Waals surface area contributed by atoms with Crippen LogP contribution in [0.25, 0.3) is 22.4 Å². The average molecular weight is 335 g/mol. The Morgan fingerprint density at radius 3 is 2.44 bits per heavy atom. The largest absolute Gasteiger partial charge is 0.212 e. The predicted octanol–water partition coefficient (Wildman–Crippen LogP) is 5.41. The molecule has 1 heterocycles. The fourth-order valence-electron chi connectivity index (χ4n) is 4.09. The van der Waals surface area contributed by atoms with Crippen LogP contribution in [-0.4, -0.2) is 0 Å². The summed E-state index contributed by atoms with van der Waals surface area (Å²) in [4.78, 5) is 0. The van der Waals surface area contributed by atoms with Gasteiger partial charge in [-0.25, -0.2) is 4.57 Å². The zero-order valence-electron chi connectivity index (χ0n) is 21.1. The smallest absolute Gasteiger partial charge is 0.201 e. The van der Waals surface area contributed by atoms with Crippen LogP contribution in [-0.2, 0) is 12.5 Å². The monoisotopic (exact) mass is 334 g/mol. The van der Waals surface area contributed by atoms with Gasteiger partial charge in [0, 0.05) is 25.3 Å².